The predicted molar refractivity (Wildman–Crippen MR) is 97.0 cm³/mol. The van der Waals surface area contributed by atoms with Gasteiger partial charge in [0.2, 0.25) is 5.91 Å². The third kappa shape index (κ3) is 5.70. The molecule has 1 amide bonds. The minimum atomic E-state index is -0.495. The molecule has 1 saturated carbocycles. The number of ether oxygens (including phenoxy) is 1. The van der Waals surface area contributed by atoms with E-state index >= 15 is 0 Å². The molecule has 7 heteroatoms. The minimum Gasteiger partial charge on any atom is -0.495 e. The largest absolute Gasteiger partial charge is 0.495 e. The third-order valence-electron chi connectivity index (χ3n) is 4.64. The van der Waals surface area contributed by atoms with Crippen molar-refractivity contribution in [2.75, 3.05) is 12.4 Å². The number of amides is 1. The molecular formula is C18H27N3O4. The van der Waals surface area contributed by atoms with Crippen LogP contribution in [0.25, 0.3) is 0 Å². The molecule has 0 aromatic heterocycles. The van der Waals surface area contributed by atoms with Gasteiger partial charge in [0.25, 0.3) is 5.69 Å². The van der Waals surface area contributed by atoms with Crippen LogP contribution in [0, 0.1) is 10.1 Å². The summed E-state index contributed by atoms with van der Waals surface area (Å²) in [6.07, 6.45) is 8.34. The Morgan fingerprint density at radius 3 is 2.48 bits per heavy atom. The topological polar surface area (TPSA) is 93.5 Å². The molecule has 1 atom stereocenters. The standard InChI is InChI=1S/C18H27N3O4/c1-13(19-14-8-6-4-3-5-7-9-14)18(22)20-16-12-15(21(23)24)10-11-17(16)25-2/h10-14,19H,3-9H2,1-2H3,(H,20,22)/t13-/m0/s1. The van der Waals surface area contributed by atoms with Crippen LogP contribution in [0.5, 0.6) is 5.75 Å². The van der Waals surface area contributed by atoms with Gasteiger partial charge in [-0.15, -0.1) is 0 Å². The number of non-ortho nitro benzene ring substituents is 1. The molecule has 1 aliphatic rings. The van der Waals surface area contributed by atoms with Crippen molar-refractivity contribution in [3.05, 3.63) is 28.3 Å². The van der Waals surface area contributed by atoms with Crippen LogP contribution in [0.15, 0.2) is 18.2 Å². The number of carbonyl (C=O) groups is 1. The fourth-order valence-electron chi connectivity index (χ4n) is 3.20. The highest BCUT2D eigenvalue weighted by atomic mass is 16.6. The second-order valence-corrected chi connectivity index (χ2v) is 6.56. The Balaban J connectivity index is 2.00. The van der Waals surface area contributed by atoms with Crippen molar-refractivity contribution < 1.29 is 14.5 Å². The highest BCUT2D eigenvalue weighted by molar-refractivity contribution is 5.96. The van der Waals surface area contributed by atoms with Crippen LogP contribution in [0.4, 0.5) is 11.4 Å². The zero-order chi connectivity index (χ0) is 18.2. The van der Waals surface area contributed by atoms with Gasteiger partial charge in [-0.1, -0.05) is 32.1 Å². The van der Waals surface area contributed by atoms with Crippen LogP contribution in [-0.2, 0) is 4.79 Å². The summed E-state index contributed by atoms with van der Waals surface area (Å²) in [5.74, 6) is 0.179. The van der Waals surface area contributed by atoms with Gasteiger partial charge in [0, 0.05) is 18.2 Å². The zero-order valence-electron chi connectivity index (χ0n) is 14.9. The van der Waals surface area contributed by atoms with E-state index < -0.39 is 4.92 Å². The van der Waals surface area contributed by atoms with Crippen molar-refractivity contribution in [2.24, 2.45) is 0 Å². The molecule has 138 valence electrons. The fourth-order valence-corrected chi connectivity index (χ4v) is 3.20. The monoisotopic (exact) mass is 349 g/mol. The van der Waals surface area contributed by atoms with E-state index in [0.29, 0.717) is 17.5 Å². The molecule has 1 aromatic rings. The van der Waals surface area contributed by atoms with Crippen LogP contribution in [0.1, 0.15) is 51.9 Å². The summed E-state index contributed by atoms with van der Waals surface area (Å²) < 4.78 is 5.18. The molecule has 1 aromatic carbocycles. The average molecular weight is 349 g/mol. The molecule has 0 aliphatic heterocycles. The average Bonchev–Trinajstić information content (AvgIpc) is 2.56. The number of methoxy groups -OCH3 is 1. The molecule has 7 nitrogen and oxygen atoms in total. The normalized spacial score (nSPS) is 17.2. The van der Waals surface area contributed by atoms with Crippen LogP contribution in [0.3, 0.4) is 0 Å². The molecule has 0 bridgehead atoms. The van der Waals surface area contributed by atoms with Crippen LogP contribution in [-0.4, -0.2) is 30.0 Å². The number of benzene rings is 1. The van der Waals surface area contributed by atoms with Crippen LogP contribution < -0.4 is 15.4 Å². The Labute approximate surface area is 148 Å². The summed E-state index contributed by atoms with van der Waals surface area (Å²) >= 11 is 0. The van der Waals surface area contributed by atoms with Crippen LogP contribution >= 0.6 is 0 Å². The maximum Gasteiger partial charge on any atom is 0.271 e. The molecule has 1 aliphatic carbocycles. The van der Waals surface area contributed by atoms with Gasteiger partial charge in [-0.2, -0.15) is 0 Å². The number of carbonyl (C=O) groups excluding carboxylic acids is 1. The van der Waals surface area contributed by atoms with Gasteiger partial charge in [-0.3, -0.25) is 14.9 Å². The Morgan fingerprint density at radius 1 is 1.24 bits per heavy atom. The second kappa shape index (κ2) is 9.36. The predicted octanol–water partition coefficient (Wildman–Crippen LogP) is 3.63. The summed E-state index contributed by atoms with van der Waals surface area (Å²) in [5, 5.41) is 17.1. The Bertz CT molecular complexity index is 598. The van der Waals surface area contributed by atoms with Gasteiger partial charge >= 0.3 is 0 Å². The minimum absolute atomic E-state index is 0.0864. The zero-order valence-corrected chi connectivity index (χ0v) is 14.9. The van der Waals surface area contributed by atoms with Gasteiger partial charge in [0.05, 0.1) is 23.8 Å². The Kier molecular flexibility index (Phi) is 7.18. The number of rotatable bonds is 6. The molecule has 0 unspecified atom stereocenters. The molecule has 25 heavy (non-hydrogen) atoms. The lowest BCUT2D eigenvalue weighted by Gasteiger charge is -2.24. The molecule has 0 heterocycles. The number of hydrogen-bond donors (Lipinski definition) is 2. The first kappa shape index (κ1) is 19.2. The highest BCUT2D eigenvalue weighted by Gasteiger charge is 2.20. The van der Waals surface area contributed by atoms with Crippen molar-refractivity contribution >= 4 is 17.3 Å². The third-order valence-corrected chi connectivity index (χ3v) is 4.64. The van der Waals surface area contributed by atoms with Crippen LogP contribution in [0.2, 0.25) is 0 Å². The van der Waals surface area contributed by atoms with E-state index in [2.05, 4.69) is 10.6 Å². The SMILES string of the molecule is COc1ccc([N+](=O)[O-])cc1NC(=O)[C@H](C)NC1CCCCCCC1. The summed E-state index contributed by atoms with van der Waals surface area (Å²) in [6.45, 7) is 1.82. The second-order valence-electron chi connectivity index (χ2n) is 6.56. The first-order valence-electron chi connectivity index (χ1n) is 8.90. The number of nitrogens with one attached hydrogen (secondary N) is 2. The van der Waals surface area contributed by atoms with E-state index in [1.54, 1.807) is 0 Å². The maximum absolute atomic E-state index is 12.5. The number of nitro groups is 1. The lowest BCUT2D eigenvalue weighted by Crippen LogP contribution is -2.44. The summed E-state index contributed by atoms with van der Waals surface area (Å²) in [4.78, 5) is 22.9. The van der Waals surface area contributed by atoms with E-state index in [4.69, 9.17) is 4.74 Å². The highest BCUT2D eigenvalue weighted by Crippen LogP contribution is 2.29. The van der Waals surface area contributed by atoms with Gasteiger partial charge in [0.15, 0.2) is 0 Å². The van der Waals surface area contributed by atoms with Crippen molar-refractivity contribution in [1.82, 2.24) is 5.32 Å². The van der Waals surface area contributed by atoms with Crippen molar-refractivity contribution in [2.45, 2.75) is 64.0 Å². The quantitative estimate of drug-likeness (QED) is 0.604. The van der Waals surface area contributed by atoms with Gasteiger partial charge in [0.1, 0.15) is 5.75 Å². The summed E-state index contributed by atoms with van der Waals surface area (Å²) in [5.41, 5.74) is 0.227. The number of hydrogen-bond acceptors (Lipinski definition) is 5. The molecular weight excluding hydrogens is 322 g/mol. The number of anilines is 1. The van der Waals surface area contributed by atoms with E-state index in [-0.39, 0.29) is 17.6 Å². The smallest absolute Gasteiger partial charge is 0.271 e. The van der Waals surface area contributed by atoms with Crippen molar-refractivity contribution in [3.63, 3.8) is 0 Å². The molecule has 2 rings (SSSR count). The maximum atomic E-state index is 12.5. The molecule has 0 spiro atoms. The lowest BCUT2D eigenvalue weighted by atomic mass is 9.96. The number of nitro benzene ring substituents is 1. The van der Waals surface area contributed by atoms with Crippen molar-refractivity contribution in [3.8, 4) is 5.75 Å². The molecule has 2 N–H and O–H groups in total. The fraction of sp³-hybridized carbons (Fsp3) is 0.611. The molecule has 1 fully saturated rings. The summed E-state index contributed by atoms with van der Waals surface area (Å²) in [6, 6.07) is 4.12. The number of nitrogens with zero attached hydrogens (tertiary/aromatic N) is 1. The first-order chi connectivity index (χ1) is 12.0. The van der Waals surface area contributed by atoms with E-state index in [1.807, 2.05) is 6.92 Å². The van der Waals surface area contributed by atoms with Crippen molar-refractivity contribution in [1.29, 1.82) is 0 Å². The molecule has 0 radical (unpaired) electrons. The van der Waals surface area contributed by atoms with Gasteiger partial charge < -0.3 is 15.4 Å². The van der Waals surface area contributed by atoms with Gasteiger partial charge in [-0.05, 0) is 25.8 Å². The first-order valence-corrected chi connectivity index (χ1v) is 8.90. The lowest BCUT2D eigenvalue weighted by molar-refractivity contribution is -0.384. The Morgan fingerprint density at radius 2 is 1.88 bits per heavy atom. The Hall–Kier alpha value is -2.15. The van der Waals surface area contributed by atoms with E-state index in [0.717, 1.165) is 12.8 Å². The van der Waals surface area contributed by atoms with Gasteiger partial charge in [-0.25, -0.2) is 0 Å². The summed E-state index contributed by atoms with van der Waals surface area (Å²) in [7, 11) is 1.47. The van der Waals surface area contributed by atoms with E-state index in [1.165, 1.54) is 57.4 Å². The molecule has 0 saturated heterocycles. The van der Waals surface area contributed by atoms with E-state index in [9.17, 15) is 14.9 Å².